The molecule has 0 atom stereocenters. The highest BCUT2D eigenvalue weighted by atomic mass is 16.9. The third-order valence-corrected chi connectivity index (χ3v) is 7.22. The number of fused-ring (bicyclic) bond motifs is 1. The van der Waals surface area contributed by atoms with Gasteiger partial charge < -0.3 is 24.2 Å². The third-order valence-electron chi connectivity index (χ3n) is 7.22. The Kier molecular flexibility index (Phi) is 9.37. The number of carbonyl (C=O) groups is 2. The Morgan fingerprint density at radius 2 is 1.65 bits per heavy atom. The number of para-hydroxylation sites is 1. The first-order chi connectivity index (χ1) is 23.8. The van der Waals surface area contributed by atoms with E-state index in [0.29, 0.717) is 47.1 Å². The molecule has 49 heavy (non-hydrogen) atoms. The Labute approximate surface area is 277 Å². The van der Waals surface area contributed by atoms with Gasteiger partial charge in [0, 0.05) is 5.56 Å². The van der Waals surface area contributed by atoms with Crippen LogP contribution in [0, 0.1) is 10.1 Å². The number of carbonyl (C=O) groups excluding carboxylic acids is 1. The quantitative estimate of drug-likeness (QED) is 0.0715. The Bertz CT molecular complexity index is 2130. The predicted molar refractivity (Wildman–Crippen MR) is 171 cm³/mol. The first-order valence-corrected chi connectivity index (χ1v) is 14.8. The molecule has 2 heterocycles. The van der Waals surface area contributed by atoms with Crippen molar-refractivity contribution in [3.63, 3.8) is 0 Å². The molecule has 0 radical (unpaired) electrons. The van der Waals surface area contributed by atoms with Gasteiger partial charge in [-0.05, 0) is 58.7 Å². The highest BCUT2D eigenvalue weighted by Crippen LogP contribution is 2.31. The van der Waals surface area contributed by atoms with Crippen LogP contribution in [0.1, 0.15) is 28.4 Å². The molecule has 0 spiro atoms. The van der Waals surface area contributed by atoms with Crippen LogP contribution in [0.15, 0.2) is 91.0 Å². The lowest BCUT2D eigenvalue weighted by atomic mass is 9.98. The van der Waals surface area contributed by atoms with E-state index in [9.17, 15) is 24.8 Å². The van der Waals surface area contributed by atoms with Crippen molar-refractivity contribution in [2.45, 2.75) is 26.8 Å². The Morgan fingerprint density at radius 1 is 0.918 bits per heavy atom. The SMILES string of the molecule is CCOc1nc2cccc(C(=O)O)c2n1Cc1ccc(-c2ccccc2-c2nnn(COC(=O)Oc3ccc(CO[N+](=O)[O-])cc3)n2)cc1. The number of hydrogen-bond donors (Lipinski definition) is 1. The number of aromatic carboxylic acids is 1. The second-order valence-corrected chi connectivity index (χ2v) is 10.4. The second kappa shape index (κ2) is 14.3. The lowest BCUT2D eigenvalue weighted by Crippen LogP contribution is -2.15. The zero-order chi connectivity index (χ0) is 34.3. The van der Waals surface area contributed by atoms with Crippen molar-refractivity contribution in [2.75, 3.05) is 6.61 Å². The van der Waals surface area contributed by atoms with Crippen LogP contribution in [0.2, 0.25) is 0 Å². The molecule has 0 saturated heterocycles. The molecule has 0 aliphatic heterocycles. The van der Waals surface area contributed by atoms with Crippen LogP contribution in [0.4, 0.5) is 4.79 Å². The predicted octanol–water partition coefficient (Wildman–Crippen LogP) is 5.38. The monoisotopic (exact) mass is 665 g/mol. The van der Waals surface area contributed by atoms with Gasteiger partial charge in [-0.1, -0.05) is 66.7 Å². The number of carboxylic acids is 1. The molecule has 0 unspecified atom stereocenters. The number of rotatable bonds is 13. The van der Waals surface area contributed by atoms with Crippen LogP contribution in [0.25, 0.3) is 33.5 Å². The van der Waals surface area contributed by atoms with E-state index >= 15 is 0 Å². The minimum atomic E-state index is -1.05. The number of ether oxygens (including phenoxy) is 3. The smallest absolute Gasteiger partial charge is 0.478 e. The molecule has 6 aromatic rings. The lowest BCUT2D eigenvalue weighted by molar-refractivity contribution is -0.763. The van der Waals surface area contributed by atoms with E-state index in [1.165, 1.54) is 24.3 Å². The first-order valence-electron chi connectivity index (χ1n) is 14.8. The molecule has 2 aromatic heterocycles. The maximum Gasteiger partial charge on any atom is 0.515 e. The summed E-state index contributed by atoms with van der Waals surface area (Å²) in [6.07, 6.45) is -1.01. The molecule has 6 rings (SSSR count). The van der Waals surface area contributed by atoms with Gasteiger partial charge in [-0.2, -0.15) is 4.98 Å². The summed E-state index contributed by atoms with van der Waals surface area (Å²) in [5.41, 5.74) is 4.96. The van der Waals surface area contributed by atoms with Crippen LogP contribution < -0.4 is 9.47 Å². The molecule has 0 saturated carbocycles. The first kappa shape index (κ1) is 32.1. The number of carboxylic acid groups (broad SMARTS) is 1. The average molecular weight is 666 g/mol. The van der Waals surface area contributed by atoms with Crippen LogP contribution in [0.5, 0.6) is 11.8 Å². The van der Waals surface area contributed by atoms with Gasteiger partial charge in [0.2, 0.25) is 12.6 Å². The van der Waals surface area contributed by atoms with Crippen LogP contribution in [-0.2, 0) is 29.5 Å². The van der Waals surface area contributed by atoms with Gasteiger partial charge in [0.05, 0.1) is 29.7 Å². The number of hydrogen-bond acceptors (Lipinski definition) is 12. The van der Waals surface area contributed by atoms with E-state index in [-0.39, 0.29) is 24.7 Å². The van der Waals surface area contributed by atoms with Gasteiger partial charge in [0.1, 0.15) is 12.4 Å². The molecule has 0 amide bonds. The molecule has 4 aromatic carbocycles. The fourth-order valence-electron chi connectivity index (χ4n) is 5.05. The normalized spacial score (nSPS) is 10.9. The van der Waals surface area contributed by atoms with Gasteiger partial charge in [0.15, 0.2) is 0 Å². The molecular formula is C33H27N7O9. The number of aromatic nitrogens is 6. The third kappa shape index (κ3) is 7.43. The van der Waals surface area contributed by atoms with Crippen molar-refractivity contribution in [3.05, 3.63) is 118 Å². The molecule has 0 bridgehead atoms. The minimum absolute atomic E-state index is 0.138. The largest absolute Gasteiger partial charge is 0.515 e. The van der Waals surface area contributed by atoms with E-state index in [2.05, 4.69) is 25.2 Å². The molecule has 0 aliphatic rings. The van der Waals surface area contributed by atoms with Gasteiger partial charge in [-0.3, -0.25) is 4.57 Å². The Hall–Kier alpha value is -6.84. The van der Waals surface area contributed by atoms with Crippen molar-refractivity contribution in [2.24, 2.45) is 0 Å². The standard InChI is InChI=1S/C33H27N7O9/c1-2-46-32-34-28-9-5-8-27(31(41)42)29(28)38(32)18-21-10-14-23(15-11-21)25-6-3-4-7-26(25)30-35-37-39(36-30)20-47-33(43)49-24-16-12-22(13-17-24)19-48-40(44)45/h3-17H,2,18-20H2,1H3,(H,41,42). The van der Waals surface area contributed by atoms with E-state index in [4.69, 9.17) is 14.2 Å². The summed E-state index contributed by atoms with van der Waals surface area (Å²) in [4.78, 5) is 44.4. The van der Waals surface area contributed by atoms with Crippen molar-refractivity contribution in [1.29, 1.82) is 0 Å². The number of nitrogens with zero attached hydrogens (tertiary/aromatic N) is 7. The van der Waals surface area contributed by atoms with Crippen molar-refractivity contribution in [3.8, 4) is 34.3 Å². The maximum atomic E-state index is 12.2. The zero-order valence-electron chi connectivity index (χ0n) is 25.8. The Balaban J connectivity index is 1.13. The molecular weight excluding hydrogens is 638 g/mol. The average Bonchev–Trinajstić information content (AvgIpc) is 3.72. The number of benzene rings is 4. The molecule has 248 valence electrons. The topological polar surface area (TPSA) is 196 Å². The summed E-state index contributed by atoms with van der Waals surface area (Å²) in [5.74, 6) is -0.581. The van der Waals surface area contributed by atoms with E-state index in [0.717, 1.165) is 21.5 Å². The molecule has 1 N–H and O–H groups in total. The van der Waals surface area contributed by atoms with Gasteiger partial charge in [0.25, 0.3) is 11.1 Å². The molecule has 16 heteroatoms. The number of tetrazole rings is 1. The lowest BCUT2D eigenvalue weighted by Gasteiger charge is -2.12. The van der Waals surface area contributed by atoms with E-state index in [1.54, 1.807) is 22.8 Å². The van der Waals surface area contributed by atoms with Crippen LogP contribution in [0.3, 0.4) is 0 Å². The van der Waals surface area contributed by atoms with Crippen molar-refractivity contribution >= 4 is 23.2 Å². The summed E-state index contributed by atoms with van der Waals surface area (Å²) < 4.78 is 17.7. The summed E-state index contributed by atoms with van der Waals surface area (Å²) >= 11 is 0. The molecule has 0 aliphatic carbocycles. The Morgan fingerprint density at radius 3 is 2.37 bits per heavy atom. The summed E-state index contributed by atoms with van der Waals surface area (Å²) in [6, 6.07) is 26.5. The summed E-state index contributed by atoms with van der Waals surface area (Å²) in [7, 11) is 0. The van der Waals surface area contributed by atoms with Crippen LogP contribution >= 0.6 is 0 Å². The van der Waals surface area contributed by atoms with Crippen LogP contribution in [-0.4, -0.2) is 58.7 Å². The van der Waals surface area contributed by atoms with E-state index < -0.39 is 17.2 Å². The minimum Gasteiger partial charge on any atom is -0.478 e. The highest BCUT2D eigenvalue weighted by Gasteiger charge is 2.19. The van der Waals surface area contributed by atoms with Gasteiger partial charge in [-0.15, -0.1) is 25.1 Å². The van der Waals surface area contributed by atoms with Gasteiger partial charge >= 0.3 is 12.1 Å². The van der Waals surface area contributed by atoms with E-state index in [1.807, 2.05) is 55.5 Å². The summed E-state index contributed by atoms with van der Waals surface area (Å²) in [5, 5.41) is 31.7. The van der Waals surface area contributed by atoms with Crippen molar-refractivity contribution in [1.82, 2.24) is 29.8 Å². The zero-order valence-corrected chi connectivity index (χ0v) is 25.8. The van der Waals surface area contributed by atoms with Crippen molar-refractivity contribution < 1.29 is 38.8 Å². The molecule has 0 fully saturated rings. The summed E-state index contributed by atoms with van der Waals surface area (Å²) in [6.45, 7) is 1.95. The fourth-order valence-corrected chi connectivity index (χ4v) is 5.05. The maximum absolute atomic E-state index is 12.2. The van der Waals surface area contributed by atoms with Gasteiger partial charge in [-0.25, -0.2) is 9.59 Å². The molecule has 16 nitrogen and oxygen atoms in total. The highest BCUT2D eigenvalue weighted by molar-refractivity contribution is 6.01. The number of imidazole rings is 1. The second-order valence-electron chi connectivity index (χ2n) is 10.4. The fraction of sp³-hybridized carbons (Fsp3) is 0.152.